The van der Waals surface area contributed by atoms with Crippen LogP contribution in [-0.2, 0) is 17.6 Å². The number of aromatic nitrogens is 1. The molecule has 0 aliphatic heterocycles. The third kappa shape index (κ3) is 2.38. The fourth-order valence-electron chi connectivity index (χ4n) is 0.908. The van der Waals surface area contributed by atoms with Crippen LogP contribution >= 0.6 is 0 Å². The van der Waals surface area contributed by atoms with Crippen molar-refractivity contribution in [3.05, 3.63) is 17.8 Å². The lowest BCUT2D eigenvalue weighted by Crippen LogP contribution is -1.98. The molecule has 0 aliphatic carbocycles. The van der Waals surface area contributed by atoms with Gasteiger partial charge in [-0.05, 0) is 6.42 Å². The van der Waals surface area contributed by atoms with E-state index in [4.69, 9.17) is 9.52 Å². The normalized spacial score (nSPS) is 10.1. The fourth-order valence-corrected chi connectivity index (χ4v) is 0.908. The summed E-state index contributed by atoms with van der Waals surface area (Å²) in [7, 11) is 0. The zero-order valence-electron chi connectivity index (χ0n) is 6.91. The van der Waals surface area contributed by atoms with Crippen LogP contribution in [0.2, 0.25) is 0 Å². The van der Waals surface area contributed by atoms with Crippen LogP contribution in [0.25, 0.3) is 0 Å². The van der Waals surface area contributed by atoms with Crippen LogP contribution in [0.1, 0.15) is 25.0 Å². The summed E-state index contributed by atoms with van der Waals surface area (Å²) < 4.78 is 5.14. The topological polar surface area (TPSA) is 63.3 Å². The SMILES string of the molecule is CCCc1ncc(CC(=O)O)o1. The van der Waals surface area contributed by atoms with E-state index in [9.17, 15) is 4.79 Å². The highest BCUT2D eigenvalue weighted by Gasteiger charge is 2.06. The van der Waals surface area contributed by atoms with Crippen molar-refractivity contribution >= 4 is 5.97 Å². The van der Waals surface area contributed by atoms with Crippen LogP contribution in [0, 0.1) is 0 Å². The molecule has 1 rings (SSSR count). The average molecular weight is 169 g/mol. The lowest BCUT2D eigenvalue weighted by Gasteiger charge is -1.89. The summed E-state index contributed by atoms with van der Waals surface area (Å²) >= 11 is 0. The quantitative estimate of drug-likeness (QED) is 0.736. The van der Waals surface area contributed by atoms with Crippen LogP contribution < -0.4 is 0 Å². The molecule has 4 nitrogen and oxygen atoms in total. The van der Waals surface area contributed by atoms with Crippen molar-refractivity contribution in [2.24, 2.45) is 0 Å². The Balaban J connectivity index is 2.58. The molecular formula is C8H11NO3. The Hall–Kier alpha value is -1.32. The Kier molecular flexibility index (Phi) is 2.85. The van der Waals surface area contributed by atoms with E-state index >= 15 is 0 Å². The molecule has 0 fully saturated rings. The first-order valence-electron chi connectivity index (χ1n) is 3.87. The molecule has 1 aromatic rings. The van der Waals surface area contributed by atoms with E-state index in [0.29, 0.717) is 11.7 Å². The van der Waals surface area contributed by atoms with E-state index < -0.39 is 5.97 Å². The molecule has 0 spiro atoms. The summed E-state index contributed by atoms with van der Waals surface area (Å²) in [5.41, 5.74) is 0. The van der Waals surface area contributed by atoms with Crippen LogP contribution in [-0.4, -0.2) is 16.1 Å². The number of rotatable bonds is 4. The van der Waals surface area contributed by atoms with Gasteiger partial charge in [-0.15, -0.1) is 0 Å². The first-order valence-corrected chi connectivity index (χ1v) is 3.87. The summed E-state index contributed by atoms with van der Waals surface area (Å²) in [6.07, 6.45) is 3.10. The van der Waals surface area contributed by atoms with Crippen LogP contribution in [0.4, 0.5) is 0 Å². The monoisotopic (exact) mass is 169 g/mol. The molecule has 0 radical (unpaired) electrons. The smallest absolute Gasteiger partial charge is 0.311 e. The van der Waals surface area contributed by atoms with Gasteiger partial charge in [0.2, 0.25) is 0 Å². The maximum atomic E-state index is 10.2. The number of nitrogens with zero attached hydrogens (tertiary/aromatic N) is 1. The molecule has 12 heavy (non-hydrogen) atoms. The number of oxazole rings is 1. The molecule has 66 valence electrons. The van der Waals surface area contributed by atoms with Crippen LogP contribution in [0.5, 0.6) is 0 Å². The zero-order valence-corrected chi connectivity index (χ0v) is 6.91. The Morgan fingerprint density at radius 2 is 2.50 bits per heavy atom. The Bertz CT molecular complexity index is 267. The number of carbonyl (C=O) groups is 1. The number of carboxylic acids is 1. The molecule has 0 saturated heterocycles. The molecule has 0 saturated carbocycles. The Labute approximate surface area is 70.2 Å². The van der Waals surface area contributed by atoms with E-state index in [1.54, 1.807) is 0 Å². The second-order valence-corrected chi connectivity index (χ2v) is 2.54. The maximum absolute atomic E-state index is 10.2. The highest BCUT2D eigenvalue weighted by Crippen LogP contribution is 2.06. The van der Waals surface area contributed by atoms with Crippen LogP contribution in [0.3, 0.4) is 0 Å². The van der Waals surface area contributed by atoms with Gasteiger partial charge in [-0.2, -0.15) is 0 Å². The largest absolute Gasteiger partial charge is 0.481 e. The van der Waals surface area contributed by atoms with Gasteiger partial charge in [0, 0.05) is 6.42 Å². The predicted molar refractivity (Wildman–Crippen MR) is 41.8 cm³/mol. The second kappa shape index (κ2) is 3.90. The molecule has 0 aromatic carbocycles. The number of hydrogen-bond acceptors (Lipinski definition) is 3. The Morgan fingerprint density at radius 1 is 1.75 bits per heavy atom. The summed E-state index contributed by atoms with van der Waals surface area (Å²) in [6.45, 7) is 2.01. The summed E-state index contributed by atoms with van der Waals surface area (Å²) in [5.74, 6) is 0.147. The van der Waals surface area contributed by atoms with Crippen molar-refractivity contribution < 1.29 is 14.3 Å². The third-order valence-electron chi connectivity index (χ3n) is 1.39. The van der Waals surface area contributed by atoms with Gasteiger partial charge < -0.3 is 9.52 Å². The average Bonchev–Trinajstić information content (AvgIpc) is 2.36. The highest BCUT2D eigenvalue weighted by molar-refractivity contribution is 5.69. The van der Waals surface area contributed by atoms with E-state index in [2.05, 4.69) is 4.98 Å². The van der Waals surface area contributed by atoms with Crippen molar-refractivity contribution in [2.75, 3.05) is 0 Å². The molecule has 0 unspecified atom stereocenters. The lowest BCUT2D eigenvalue weighted by atomic mass is 10.3. The van der Waals surface area contributed by atoms with E-state index in [-0.39, 0.29) is 6.42 Å². The standard InChI is InChI=1S/C8H11NO3/c1-2-3-7-9-5-6(12-7)4-8(10)11/h5H,2-4H2,1H3,(H,10,11). The first kappa shape index (κ1) is 8.77. The lowest BCUT2D eigenvalue weighted by molar-refractivity contribution is -0.136. The molecule has 0 atom stereocenters. The van der Waals surface area contributed by atoms with Gasteiger partial charge in [0.05, 0.1) is 6.20 Å². The van der Waals surface area contributed by atoms with Crippen molar-refractivity contribution in [3.63, 3.8) is 0 Å². The van der Waals surface area contributed by atoms with E-state index in [1.807, 2.05) is 6.92 Å². The third-order valence-corrected chi connectivity index (χ3v) is 1.39. The van der Waals surface area contributed by atoms with E-state index in [0.717, 1.165) is 12.8 Å². The van der Waals surface area contributed by atoms with Gasteiger partial charge in [0.1, 0.15) is 12.2 Å². The van der Waals surface area contributed by atoms with Gasteiger partial charge in [-0.3, -0.25) is 4.79 Å². The molecule has 1 N–H and O–H groups in total. The fraction of sp³-hybridized carbons (Fsp3) is 0.500. The minimum Gasteiger partial charge on any atom is -0.481 e. The first-order chi connectivity index (χ1) is 5.72. The molecule has 0 aliphatic rings. The summed E-state index contributed by atoms with van der Waals surface area (Å²) in [4.78, 5) is 14.2. The minimum atomic E-state index is -0.894. The van der Waals surface area contributed by atoms with Crippen molar-refractivity contribution in [2.45, 2.75) is 26.2 Å². The number of carboxylic acid groups (broad SMARTS) is 1. The second-order valence-electron chi connectivity index (χ2n) is 2.54. The van der Waals surface area contributed by atoms with Gasteiger partial charge in [0.25, 0.3) is 0 Å². The summed E-state index contributed by atoms with van der Waals surface area (Å²) in [5, 5.41) is 8.42. The molecule has 4 heteroatoms. The van der Waals surface area contributed by atoms with Crippen molar-refractivity contribution in [1.29, 1.82) is 0 Å². The minimum absolute atomic E-state index is 0.0866. The molecule has 1 heterocycles. The summed E-state index contributed by atoms with van der Waals surface area (Å²) in [6, 6.07) is 0. The predicted octanol–water partition coefficient (Wildman–Crippen LogP) is 1.25. The van der Waals surface area contributed by atoms with Crippen LogP contribution in [0.15, 0.2) is 10.6 Å². The molecule has 0 bridgehead atoms. The Morgan fingerprint density at radius 3 is 3.08 bits per heavy atom. The van der Waals surface area contributed by atoms with Crippen molar-refractivity contribution in [1.82, 2.24) is 4.98 Å². The number of aliphatic carboxylic acids is 1. The van der Waals surface area contributed by atoms with Gasteiger partial charge in [-0.1, -0.05) is 6.92 Å². The number of aryl methyl sites for hydroxylation is 1. The molecule has 1 aromatic heterocycles. The zero-order chi connectivity index (χ0) is 8.97. The van der Waals surface area contributed by atoms with Gasteiger partial charge in [0.15, 0.2) is 5.89 Å². The molecular weight excluding hydrogens is 158 g/mol. The maximum Gasteiger partial charge on any atom is 0.311 e. The van der Waals surface area contributed by atoms with Crippen molar-refractivity contribution in [3.8, 4) is 0 Å². The highest BCUT2D eigenvalue weighted by atomic mass is 16.4. The van der Waals surface area contributed by atoms with Gasteiger partial charge in [-0.25, -0.2) is 4.98 Å². The number of hydrogen-bond donors (Lipinski definition) is 1. The van der Waals surface area contributed by atoms with E-state index in [1.165, 1.54) is 6.20 Å². The van der Waals surface area contributed by atoms with Gasteiger partial charge >= 0.3 is 5.97 Å². The molecule has 0 amide bonds.